The Balaban J connectivity index is 1.99. The SMILES string of the molecule is CN=C(NCc1nnc(C)n1C)N(C)Cc1ccc(Cl)c(Cl)c1. The van der Waals surface area contributed by atoms with Crippen molar-refractivity contribution in [3.63, 3.8) is 0 Å². The highest BCUT2D eigenvalue weighted by atomic mass is 35.5. The van der Waals surface area contributed by atoms with Gasteiger partial charge in [-0.05, 0) is 24.6 Å². The van der Waals surface area contributed by atoms with Crippen molar-refractivity contribution in [2.75, 3.05) is 14.1 Å². The number of aliphatic imine (C=N–C) groups is 1. The number of benzene rings is 1. The summed E-state index contributed by atoms with van der Waals surface area (Å²) in [5.74, 6) is 2.49. The fraction of sp³-hybridized carbons (Fsp3) is 0.400. The van der Waals surface area contributed by atoms with Crippen LogP contribution in [-0.4, -0.2) is 39.7 Å². The molecular weight excluding hydrogens is 335 g/mol. The zero-order chi connectivity index (χ0) is 17.0. The van der Waals surface area contributed by atoms with Crippen LogP contribution >= 0.6 is 23.2 Å². The zero-order valence-corrected chi connectivity index (χ0v) is 15.2. The summed E-state index contributed by atoms with van der Waals surface area (Å²) in [4.78, 5) is 6.29. The van der Waals surface area contributed by atoms with Gasteiger partial charge in [-0.15, -0.1) is 10.2 Å². The lowest BCUT2D eigenvalue weighted by molar-refractivity contribution is 0.474. The number of aryl methyl sites for hydroxylation is 1. The Morgan fingerprint density at radius 2 is 2.04 bits per heavy atom. The second-order valence-electron chi connectivity index (χ2n) is 5.23. The molecule has 1 heterocycles. The molecule has 0 aliphatic heterocycles. The van der Waals surface area contributed by atoms with E-state index < -0.39 is 0 Å². The molecule has 0 fully saturated rings. The van der Waals surface area contributed by atoms with E-state index in [1.807, 2.05) is 42.6 Å². The highest BCUT2D eigenvalue weighted by molar-refractivity contribution is 6.42. The van der Waals surface area contributed by atoms with Gasteiger partial charge in [-0.1, -0.05) is 29.3 Å². The van der Waals surface area contributed by atoms with Crippen molar-refractivity contribution >= 4 is 29.2 Å². The van der Waals surface area contributed by atoms with E-state index in [4.69, 9.17) is 23.2 Å². The van der Waals surface area contributed by atoms with Crippen LogP contribution < -0.4 is 5.32 Å². The van der Waals surface area contributed by atoms with Gasteiger partial charge in [0, 0.05) is 27.7 Å². The summed E-state index contributed by atoms with van der Waals surface area (Å²) < 4.78 is 1.94. The molecule has 1 aromatic heterocycles. The standard InChI is InChI=1S/C15H20Cl2N6/c1-10-20-21-14(23(10)4)8-19-15(18-2)22(3)9-11-5-6-12(16)13(17)7-11/h5-7H,8-9H2,1-4H3,(H,18,19). The van der Waals surface area contributed by atoms with E-state index in [2.05, 4.69) is 20.5 Å². The molecule has 0 unspecified atom stereocenters. The first kappa shape index (κ1) is 17.6. The molecule has 0 bridgehead atoms. The van der Waals surface area contributed by atoms with Crippen molar-refractivity contribution in [1.29, 1.82) is 0 Å². The third-order valence-corrected chi connectivity index (χ3v) is 4.30. The van der Waals surface area contributed by atoms with Crippen molar-refractivity contribution in [3.8, 4) is 0 Å². The fourth-order valence-electron chi connectivity index (χ4n) is 2.13. The van der Waals surface area contributed by atoms with Crippen LogP contribution in [0.1, 0.15) is 17.2 Å². The minimum absolute atomic E-state index is 0.551. The third kappa shape index (κ3) is 4.36. The van der Waals surface area contributed by atoms with Crippen LogP contribution in [0.2, 0.25) is 10.0 Å². The van der Waals surface area contributed by atoms with E-state index in [0.29, 0.717) is 23.1 Å². The predicted octanol–water partition coefficient (Wildman–Crippen LogP) is 2.64. The lowest BCUT2D eigenvalue weighted by Crippen LogP contribution is -2.38. The number of hydrogen-bond acceptors (Lipinski definition) is 3. The number of guanidine groups is 1. The van der Waals surface area contributed by atoms with Gasteiger partial charge < -0.3 is 14.8 Å². The quantitative estimate of drug-likeness (QED) is 0.677. The number of nitrogens with zero attached hydrogens (tertiary/aromatic N) is 5. The van der Waals surface area contributed by atoms with Crippen LogP contribution in [0.4, 0.5) is 0 Å². The van der Waals surface area contributed by atoms with Gasteiger partial charge >= 0.3 is 0 Å². The second kappa shape index (κ2) is 7.66. The Labute approximate surface area is 146 Å². The topological polar surface area (TPSA) is 58.3 Å². The Morgan fingerprint density at radius 1 is 1.30 bits per heavy atom. The third-order valence-electron chi connectivity index (χ3n) is 3.56. The molecule has 0 saturated heterocycles. The van der Waals surface area contributed by atoms with Crippen LogP contribution in [0.15, 0.2) is 23.2 Å². The number of aromatic nitrogens is 3. The highest BCUT2D eigenvalue weighted by Gasteiger charge is 2.10. The summed E-state index contributed by atoms with van der Waals surface area (Å²) in [6, 6.07) is 5.61. The van der Waals surface area contributed by atoms with Crippen molar-refractivity contribution < 1.29 is 0 Å². The molecule has 8 heteroatoms. The summed E-state index contributed by atoms with van der Waals surface area (Å²) >= 11 is 12.0. The van der Waals surface area contributed by atoms with E-state index in [9.17, 15) is 0 Å². The fourth-order valence-corrected chi connectivity index (χ4v) is 2.46. The molecule has 2 rings (SSSR count). The molecule has 1 N–H and O–H groups in total. The first-order valence-electron chi connectivity index (χ1n) is 7.13. The van der Waals surface area contributed by atoms with Gasteiger partial charge in [0.1, 0.15) is 5.82 Å². The Kier molecular flexibility index (Phi) is 5.85. The monoisotopic (exact) mass is 354 g/mol. The normalized spacial score (nSPS) is 11.7. The number of rotatable bonds is 4. The van der Waals surface area contributed by atoms with Crippen LogP contribution in [0, 0.1) is 6.92 Å². The second-order valence-corrected chi connectivity index (χ2v) is 6.04. The molecule has 0 spiro atoms. The highest BCUT2D eigenvalue weighted by Crippen LogP contribution is 2.23. The number of nitrogens with one attached hydrogen (secondary N) is 1. The number of hydrogen-bond donors (Lipinski definition) is 1. The lowest BCUT2D eigenvalue weighted by atomic mass is 10.2. The van der Waals surface area contributed by atoms with Gasteiger partial charge in [0.25, 0.3) is 0 Å². The lowest BCUT2D eigenvalue weighted by Gasteiger charge is -2.22. The molecule has 2 aromatic rings. The van der Waals surface area contributed by atoms with E-state index in [0.717, 1.165) is 23.2 Å². The summed E-state index contributed by atoms with van der Waals surface area (Å²) in [7, 11) is 5.64. The van der Waals surface area contributed by atoms with Gasteiger partial charge in [-0.25, -0.2) is 0 Å². The Bertz CT molecular complexity index is 710. The molecule has 6 nitrogen and oxygen atoms in total. The molecule has 0 aliphatic rings. The van der Waals surface area contributed by atoms with E-state index >= 15 is 0 Å². The van der Waals surface area contributed by atoms with E-state index in [-0.39, 0.29) is 0 Å². The smallest absolute Gasteiger partial charge is 0.194 e. The maximum atomic E-state index is 6.06. The zero-order valence-electron chi connectivity index (χ0n) is 13.6. The maximum Gasteiger partial charge on any atom is 0.194 e. The first-order chi connectivity index (χ1) is 10.9. The van der Waals surface area contributed by atoms with Crippen LogP contribution in [-0.2, 0) is 20.1 Å². The summed E-state index contributed by atoms with van der Waals surface area (Å²) in [5.41, 5.74) is 1.05. The van der Waals surface area contributed by atoms with Crippen LogP contribution in [0.5, 0.6) is 0 Å². The Hall–Kier alpha value is -1.79. The molecule has 0 aliphatic carbocycles. The molecule has 0 radical (unpaired) electrons. The van der Waals surface area contributed by atoms with Crippen molar-refractivity contribution in [2.24, 2.45) is 12.0 Å². The number of halogens is 2. The average molecular weight is 355 g/mol. The predicted molar refractivity (Wildman–Crippen MR) is 93.9 cm³/mol. The molecular formula is C15H20Cl2N6. The van der Waals surface area contributed by atoms with Crippen molar-refractivity contribution in [1.82, 2.24) is 25.0 Å². The summed E-state index contributed by atoms with van der Waals surface area (Å²) in [6.45, 7) is 3.13. The average Bonchev–Trinajstić information content (AvgIpc) is 2.83. The van der Waals surface area contributed by atoms with E-state index in [1.165, 1.54) is 0 Å². The molecule has 0 amide bonds. The molecule has 1 aromatic carbocycles. The van der Waals surface area contributed by atoms with Crippen LogP contribution in [0.3, 0.4) is 0 Å². The molecule has 23 heavy (non-hydrogen) atoms. The first-order valence-corrected chi connectivity index (χ1v) is 7.88. The van der Waals surface area contributed by atoms with Gasteiger partial charge in [-0.2, -0.15) is 0 Å². The minimum Gasteiger partial charge on any atom is -0.349 e. The minimum atomic E-state index is 0.551. The Morgan fingerprint density at radius 3 is 2.61 bits per heavy atom. The van der Waals surface area contributed by atoms with Gasteiger partial charge in [0.05, 0.1) is 16.6 Å². The van der Waals surface area contributed by atoms with Crippen molar-refractivity contribution in [2.45, 2.75) is 20.0 Å². The van der Waals surface area contributed by atoms with Crippen molar-refractivity contribution in [3.05, 3.63) is 45.5 Å². The molecule has 124 valence electrons. The van der Waals surface area contributed by atoms with Crippen LogP contribution in [0.25, 0.3) is 0 Å². The summed E-state index contributed by atoms with van der Waals surface area (Å²) in [6.07, 6.45) is 0. The molecule has 0 saturated carbocycles. The maximum absolute atomic E-state index is 6.06. The summed E-state index contributed by atoms with van der Waals surface area (Å²) in [5, 5.41) is 12.6. The largest absolute Gasteiger partial charge is 0.349 e. The van der Waals surface area contributed by atoms with E-state index in [1.54, 1.807) is 13.1 Å². The van der Waals surface area contributed by atoms with Gasteiger partial charge in [0.2, 0.25) is 0 Å². The molecule has 0 atom stereocenters. The van der Waals surface area contributed by atoms with Gasteiger partial charge in [-0.3, -0.25) is 4.99 Å². The van der Waals surface area contributed by atoms with Gasteiger partial charge in [0.15, 0.2) is 11.8 Å².